The molecule has 3 atom stereocenters. The molecule has 1 fully saturated rings. The second-order valence-corrected chi connectivity index (χ2v) is 6.47. The van der Waals surface area contributed by atoms with Crippen molar-refractivity contribution in [1.82, 2.24) is 5.32 Å². The highest BCUT2D eigenvalue weighted by atomic mass is 16.6. The SMILES string of the molecule is CC1CCC(C)C(NCC(=O)OC(C)(C)C)C1. The Morgan fingerprint density at radius 1 is 1.29 bits per heavy atom. The highest BCUT2D eigenvalue weighted by Crippen LogP contribution is 2.28. The van der Waals surface area contributed by atoms with Crippen LogP contribution in [0.25, 0.3) is 0 Å². The molecule has 100 valence electrons. The third-order valence-corrected chi connectivity index (χ3v) is 3.39. The molecule has 1 saturated carbocycles. The van der Waals surface area contributed by atoms with Crippen LogP contribution in [0, 0.1) is 11.8 Å². The molecule has 1 aliphatic carbocycles. The van der Waals surface area contributed by atoms with Crippen molar-refractivity contribution in [2.24, 2.45) is 11.8 Å². The van der Waals surface area contributed by atoms with Crippen molar-refractivity contribution >= 4 is 5.97 Å². The summed E-state index contributed by atoms with van der Waals surface area (Å²) >= 11 is 0. The third kappa shape index (κ3) is 5.53. The van der Waals surface area contributed by atoms with Crippen LogP contribution in [-0.2, 0) is 9.53 Å². The fourth-order valence-electron chi connectivity index (χ4n) is 2.41. The van der Waals surface area contributed by atoms with Crippen LogP contribution in [0.4, 0.5) is 0 Å². The van der Waals surface area contributed by atoms with Crippen molar-refractivity contribution in [3.8, 4) is 0 Å². The molecule has 3 unspecified atom stereocenters. The minimum Gasteiger partial charge on any atom is -0.459 e. The lowest BCUT2D eigenvalue weighted by molar-refractivity contribution is -0.153. The van der Waals surface area contributed by atoms with E-state index in [2.05, 4.69) is 19.2 Å². The number of hydrogen-bond acceptors (Lipinski definition) is 3. The van der Waals surface area contributed by atoms with E-state index in [-0.39, 0.29) is 11.6 Å². The Kier molecular flexibility index (Phi) is 4.99. The van der Waals surface area contributed by atoms with E-state index in [0.717, 1.165) is 5.92 Å². The summed E-state index contributed by atoms with van der Waals surface area (Å²) in [5.41, 5.74) is -0.385. The van der Waals surface area contributed by atoms with Crippen LogP contribution in [-0.4, -0.2) is 24.2 Å². The maximum Gasteiger partial charge on any atom is 0.320 e. The van der Waals surface area contributed by atoms with Crippen LogP contribution >= 0.6 is 0 Å². The summed E-state index contributed by atoms with van der Waals surface area (Å²) in [6, 6.07) is 0.464. The van der Waals surface area contributed by atoms with Gasteiger partial charge >= 0.3 is 5.97 Å². The molecular formula is C14H27NO2. The number of carbonyl (C=O) groups excluding carboxylic acids is 1. The summed E-state index contributed by atoms with van der Waals surface area (Å²) in [6.07, 6.45) is 3.74. The van der Waals surface area contributed by atoms with Crippen molar-refractivity contribution in [1.29, 1.82) is 0 Å². The first-order valence-electron chi connectivity index (χ1n) is 6.73. The average molecular weight is 241 g/mol. The highest BCUT2D eigenvalue weighted by Gasteiger charge is 2.26. The van der Waals surface area contributed by atoms with Crippen LogP contribution < -0.4 is 5.32 Å². The average Bonchev–Trinajstić information content (AvgIpc) is 2.17. The summed E-state index contributed by atoms with van der Waals surface area (Å²) in [5, 5.41) is 3.35. The fourth-order valence-corrected chi connectivity index (χ4v) is 2.41. The zero-order valence-corrected chi connectivity index (χ0v) is 11.9. The van der Waals surface area contributed by atoms with Crippen molar-refractivity contribution in [2.75, 3.05) is 6.54 Å². The van der Waals surface area contributed by atoms with Gasteiger partial charge in [-0.2, -0.15) is 0 Å². The molecule has 0 saturated heterocycles. The van der Waals surface area contributed by atoms with E-state index in [9.17, 15) is 4.79 Å². The van der Waals surface area contributed by atoms with Gasteiger partial charge in [-0.1, -0.05) is 20.3 Å². The van der Waals surface area contributed by atoms with Gasteiger partial charge in [0, 0.05) is 6.04 Å². The molecule has 0 aromatic rings. The van der Waals surface area contributed by atoms with Gasteiger partial charge in [0.25, 0.3) is 0 Å². The zero-order valence-electron chi connectivity index (χ0n) is 11.9. The number of hydrogen-bond donors (Lipinski definition) is 1. The van der Waals surface area contributed by atoms with E-state index in [1.54, 1.807) is 0 Å². The van der Waals surface area contributed by atoms with Crippen molar-refractivity contribution in [3.63, 3.8) is 0 Å². The molecule has 17 heavy (non-hydrogen) atoms. The van der Waals surface area contributed by atoms with Gasteiger partial charge in [-0.15, -0.1) is 0 Å². The molecule has 0 amide bonds. The van der Waals surface area contributed by atoms with Gasteiger partial charge in [-0.25, -0.2) is 0 Å². The lowest BCUT2D eigenvalue weighted by Crippen LogP contribution is -2.43. The van der Waals surface area contributed by atoms with Gasteiger partial charge in [-0.3, -0.25) is 4.79 Å². The molecule has 0 bridgehead atoms. The Morgan fingerprint density at radius 2 is 1.94 bits per heavy atom. The lowest BCUT2D eigenvalue weighted by atomic mass is 9.80. The van der Waals surface area contributed by atoms with E-state index >= 15 is 0 Å². The maximum absolute atomic E-state index is 11.6. The van der Waals surface area contributed by atoms with E-state index in [4.69, 9.17) is 4.74 Å². The van der Waals surface area contributed by atoms with E-state index in [1.165, 1.54) is 19.3 Å². The molecule has 0 heterocycles. The smallest absolute Gasteiger partial charge is 0.320 e. The summed E-state index contributed by atoms with van der Waals surface area (Å²) in [7, 11) is 0. The number of carbonyl (C=O) groups is 1. The van der Waals surface area contributed by atoms with Gasteiger partial charge in [-0.05, 0) is 45.4 Å². The summed E-state index contributed by atoms with van der Waals surface area (Å²) in [6.45, 7) is 10.6. The molecule has 0 aromatic carbocycles. The Balaban J connectivity index is 2.32. The van der Waals surface area contributed by atoms with Gasteiger partial charge in [0.2, 0.25) is 0 Å². The van der Waals surface area contributed by atoms with Crippen molar-refractivity contribution in [3.05, 3.63) is 0 Å². The number of nitrogens with one attached hydrogen (secondary N) is 1. The lowest BCUT2D eigenvalue weighted by Gasteiger charge is -2.33. The molecular weight excluding hydrogens is 214 g/mol. The molecule has 1 rings (SSSR count). The van der Waals surface area contributed by atoms with Crippen LogP contribution in [0.1, 0.15) is 53.9 Å². The molecule has 0 aromatic heterocycles. The van der Waals surface area contributed by atoms with Crippen LogP contribution in [0.3, 0.4) is 0 Å². The number of rotatable bonds is 3. The third-order valence-electron chi connectivity index (χ3n) is 3.39. The Labute approximate surface area is 105 Å². The first-order valence-corrected chi connectivity index (χ1v) is 6.73. The fraction of sp³-hybridized carbons (Fsp3) is 0.929. The van der Waals surface area contributed by atoms with Gasteiger partial charge < -0.3 is 10.1 Å². The predicted octanol–water partition coefficient (Wildman–Crippen LogP) is 2.74. The molecule has 3 heteroatoms. The van der Waals surface area contributed by atoms with Crippen LogP contribution in [0.15, 0.2) is 0 Å². The Hall–Kier alpha value is -0.570. The largest absolute Gasteiger partial charge is 0.459 e. The van der Waals surface area contributed by atoms with Gasteiger partial charge in [0.05, 0.1) is 6.54 Å². The number of ether oxygens (including phenoxy) is 1. The second kappa shape index (κ2) is 5.85. The molecule has 0 aliphatic heterocycles. The first kappa shape index (κ1) is 14.5. The van der Waals surface area contributed by atoms with Crippen LogP contribution in [0.5, 0.6) is 0 Å². The molecule has 3 nitrogen and oxygen atoms in total. The summed E-state index contributed by atoms with van der Waals surface area (Å²) < 4.78 is 5.29. The van der Waals surface area contributed by atoms with E-state index in [0.29, 0.717) is 18.5 Å². The maximum atomic E-state index is 11.6. The molecule has 0 radical (unpaired) electrons. The predicted molar refractivity (Wildman–Crippen MR) is 69.8 cm³/mol. The number of esters is 1. The minimum absolute atomic E-state index is 0.150. The highest BCUT2D eigenvalue weighted by molar-refractivity contribution is 5.72. The topological polar surface area (TPSA) is 38.3 Å². The minimum atomic E-state index is -0.385. The molecule has 0 spiro atoms. The van der Waals surface area contributed by atoms with Gasteiger partial charge in [0.15, 0.2) is 0 Å². The van der Waals surface area contributed by atoms with Crippen molar-refractivity contribution in [2.45, 2.75) is 65.5 Å². The first-order chi connectivity index (χ1) is 7.78. The molecule has 1 N–H and O–H groups in total. The van der Waals surface area contributed by atoms with Crippen LogP contribution in [0.2, 0.25) is 0 Å². The van der Waals surface area contributed by atoms with Gasteiger partial charge in [0.1, 0.15) is 5.60 Å². The normalized spacial score (nSPS) is 30.1. The quantitative estimate of drug-likeness (QED) is 0.772. The zero-order chi connectivity index (χ0) is 13.1. The Morgan fingerprint density at radius 3 is 2.53 bits per heavy atom. The Bertz CT molecular complexity index is 257. The van der Waals surface area contributed by atoms with E-state index < -0.39 is 0 Å². The molecule has 1 aliphatic rings. The van der Waals surface area contributed by atoms with E-state index in [1.807, 2.05) is 20.8 Å². The monoisotopic (exact) mass is 241 g/mol. The second-order valence-electron chi connectivity index (χ2n) is 6.47. The standard InChI is InChI=1S/C14H27NO2/c1-10-6-7-11(2)12(8-10)15-9-13(16)17-14(3,4)5/h10-12,15H,6-9H2,1-5H3. The van der Waals surface area contributed by atoms with Crippen molar-refractivity contribution < 1.29 is 9.53 Å². The summed E-state index contributed by atoms with van der Waals surface area (Å²) in [5.74, 6) is 1.28. The summed E-state index contributed by atoms with van der Waals surface area (Å²) in [4.78, 5) is 11.6.